The molecule has 2 atom stereocenters. The summed E-state index contributed by atoms with van der Waals surface area (Å²) in [6.45, 7) is 0. The van der Waals surface area contributed by atoms with Gasteiger partial charge in [0.25, 0.3) is 0 Å². The van der Waals surface area contributed by atoms with E-state index < -0.39 is 37.0 Å². The molecule has 0 unspecified atom stereocenters. The van der Waals surface area contributed by atoms with Gasteiger partial charge in [0.2, 0.25) is 0 Å². The van der Waals surface area contributed by atoms with Crippen molar-refractivity contribution in [3.8, 4) is 0 Å². The molecule has 0 saturated heterocycles. The SMILES string of the molecule is O=C(O)c1coc2c1[C@H](O)C[C@@H](C(F)(F)F)C2. The topological polar surface area (TPSA) is 70.7 Å². The summed E-state index contributed by atoms with van der Waals surface area (Å²) in [5.41, 5.74) is -0.300. The van der Waals surface area contributed by atoms with E-state index in [1.165, 1.54) is 0 Å². The highest BCUT2D eigenvalue weighted by molar-refractivity contribution is 5.89. The van der Waals surface area contributed by atoms with E-state index in [9.17, 15) is 23.1 Å². The van der Waals surface area contributed by atoms with Gasteiger partial charge < -0.3 is 14.6 Å². The molecule has 0 bridgehead atoms. The highest BCUT2D eigenvalue weighted by atomic mass is 19.4. The summed E-state index contributed by atoms with van der Waals surface area (Å²) in [4.78, 5) is 10.8. The number of fused-ring (bicyclic) bond motifs is 1. The zero-order chi connectivity index (χ0) is 12.8. The van der Waals surface area contributed by atoms with Crippen molar-refractivity contribution in [2.75, 3.05) is 0 Å². The van der Waals surface area contributed by atoms with Crippen LogP contribution in [0.2, 0.25) is 0 Å². The first-order chi connectivity index (χ1) is 7.80. The number of rotatable bonds is 1. The van der Waals surface area contributed by atoms with Gasteiger partial charge in [-0.25, -0.2) is 4.79 Å². The number of carbonyl (C=O) groups is 1. The van der Waals surface area contributed by atoms with Crippen LogP contribution in [0.4, 0.5) is 13.2 Å². The number of alkyl halides is 3. The summed E-state index contributed by atoms with van der Waals surface area (Å²) in [6.07, 6.45) is -5.96. The Kier molecular flexibility index (Phi) is 2.65. The van der Waals surface area contributed by atoms with Gasteiger partial charge in [0.1, 0.15) is 17.6 Å². The summed E-state index contributed by atoms with van der Waals surface area (Å²) in [7, 11) is 0. The molecule has 0 saturated carbocycles. The third-order valence-corrected chi connectivity index (χ3v) is 2.88. The van der Waals surface area contributed by atoms with E-state index in [1.807, 2.05) is 0 Å². The van der Waals surface area contributed by atoms with Gasteiger partial charge in [-0.1, -0.05) is 0 Å². The molecule has 1 aromatic heterocycles. The average molecular weight is 250 g/mol. The number of aliphatic hydroxyl groups is 1. The van der Waals surface area contributed by atoms with E-state index in [4.69, 9.17) is 9.52 Å². The highest BCUT2D eigenvalue weighted by Gasteiger charge is 2.46. The van der Waals surface area contributed by atoms with Gasteiger partial charge in [-0.3, -0.25) is 0 Å². The van der Waals surface area contributed by atoms with Crippen LogP contribution in [0.1, 0.15) is 34.2 Å². The molecule has 2 rings (SSSR count). The number of aliphatic hydroxyl groups excluding tert-OH is 1. The van der Waals surface area contributed by atoms with Gasteiger partial charge >= 0.3 is 12.1 Å². The first-order valence-corrected chi connectivity index (χ1v) is 4.89. The van der Waals surface area contributed by atoms with Crippen LogP contribution in [0.3, 0.4) is 0 Å². The van der Waals surface area contributed by atoms with Gasteiger partial charge in [-0.15, -0.1) is 0 Å². The molecule has 2 N–H and O–H groups in total. The standard InChI is InChI=1S/C10H9F3O4/c11-10(12,13)4-1-6(14)8-5(9(15)16)3-17-7(8)2-4/h3-4,6,14H,1-2H2,(H,15,16)/t4-,6-/m1/s1. The number of aromatic carboxylic acids is 1. The van der Waals surface area contributed by atoms with Crippen molar-refractivity contribution in [1.82, 2.24) is 0 Å². The molecule has 0 spiro atoms. The second kappa shape index (κ2) is 3.76. The Morgan fingerprint density at radius 1 is 1.47 bits per heavy atom. The fourth-order valence-corrected chi connectivity index (χ4v) is 2.04. The lowest BCUT2D eigenvalue weighted by Gasteiger charge is -2.27. The normalized spacial score (nSPS) is 24.5. The third-order valence-electron chi connectivity index (χ3n) is 2.88. The summed E-state index contributed by atoms with van der Waals surface area (Å²) >= 11 is 0. The molecule has 1 heterocycles. The maximum Gasteiger partial charge on any atom is 0.392 e. The van der Waals surface area contributed by atoms with Crippen molar-refractivity contribution in [3.63, 3.8) is 0 Å². The van der Waals surface area contributed by atoms with Gasteiger partial charge in [-0.2, -0.15) is 13.2 Å². The number of carboxylic acids is 1. The zero-order valence-electron chi connectivity index (χ0n) is 8.49. The molecule has 1 aromatic rings. The summed E-state index contributed by atoms with van der Waals surface area (Å²) in [5, 5.41) is 18.4. The van der Waals surface area contributed by atoms with Crippen LogP contribution in [0.25, 0.3) is 0 Å². The quantitative estimate of drug-likeness (QED) is 0.801. The smallest absolute Gasteiger partial charge is 0.392 e. The molecular formula is C10H9F3O4. The van der Waals surface area contributed by atoms with Crippen LogP contribution in [0, 0.1) is 5.92 Å². The minimum Gasteiger partial charge on any atom is -0.478 e. The Labute approximate surface area is 93.7 Å². The number of furan rings is 1. The number of carboxylic acid groups (broad SMARTS) is 1. The summed E-state index contributed by atoms with van der Waals surface area (Å²) in [6, 6.07) is 0. The average Bonchev–Trinajstić information content (AvgIpc) is 2.60. The number of hydrogen-bond acceptors (Lipinski definition) is 3. The fraction of sp³-hybridized carbons (Fsp3) is 0.500. The second-order valence-electron chi connectivity index (χ2n) is 3.99. The van der Waals surface area contributed by atoms with Crippen LogP contribution < -0.4 is 0 Å². The Morgan fingerprint density at radius 3 is 2.65 bits per heavy atom. The molecule has 17 heavy (non-hydrogen) atoms. The van der Waals surface area contributed by atoms with E-state index >= 15 is 0 Å². The van der Waals surface area contributed by atoms with Gasteiger partial charge in [0, 0.05) is 12.0 Å². The predicted molar refractivity (Wildman–Crippen MR) is 48.5 cm³/mol. The van der Waals surface area contributed by atoms with Crippen molar-refractivity contribution in [1.29, 1.82) is 0 Å². The van der Waals surface area contributed by atoms with E-state index in [0.29, 0.717) is 0 Å². The van der Waals surface area contributed by atoms with Gasteiger partial charge in [-0.05, 0) is 6.42 Å². The molecular weight excluding hydrogens is 241 g/mol. The van der Waals surface area contributed by atoms with E-state index in [0.717, 1.165) is 6.26 Å². The molecule has 0 amide bonds. The summed E-state index contributed by atoms with van der Waals surface area (Å²) in [5.74, 6) is -3.11. The van der Waals surface area contributed by atoms with Crippen LogP contribution >= 0.6 is 0 Å². The maximum absolute atomic E-state index is 12.5. The van der Waals surface area contributed by atoms with Crippen molar-refractivity contribution in [2.45, 2.75) is 25.1 Å². The van der Waals surface area contributed by atoms with Crippen molar-refractivity contribution < 1.29 is 32.6 Å². The lowest BCUT2D eigenvalue weighted by atomic mass is 9.84. The van der Waals surface area contributed by atoms with Crippen molar-refractivity contribution in [3.05, 3.63) is 23.2 Å². The van der Waals surface area contributed by atoms with Gasteiger partial charge in [0.05, 0.1) is 12.0 Å². The first kappa shape index (κ1) is 12.0. The lowest BCUT2D eigenvalue weighted by molar-refractivity contribution is -0.185. The van der Waals surface area contributed by atoms with E-state index in [1.54, 1.807) is 0 Å². The minimum atomic E-state index is -4.42. The Balaban J connectivity index is 2.37. The Morgan fingerprint density at radius 2 is 2.12 bits per heavy atom. The number of halogens is 3. The van der Waals surface area contributed by atoms with Crippen LogP contribution in [-0.2, 0) is 6.42 Å². The Bertz CT molecular complexity index is 449. The summed E-state index contributed by atoms with van der Waals surface area (Å²) < 4.78 is 42.3. The minimum absolute atomic E-state index is 0.0296. The molecule has 0 radical (unpaired) electrons. The molecule has 7 heteroatoms. The van der Waals surface area contributed by atoms with Crippen molar-refractivity contribution in [2.24, 2.45) is 5.92 Å². The molecule has 0 aliphatic heterocycles. The molecule has 4 nitrogen and oxygen atoms in total. The number of hydrogen-bond donors (Lipinski definition) is 2. The molecule has 1 aliphatic rings. The van der Waals surface area contributed by atoms with Gasteiger partial charge in [0.15, 0.2) is 0 Å². The predicted octanol–water partition coefficient (Wildman–Crippen LogP) is 2.14. The Hall–Kier alpha value is -1.50. The van der Waals surface area contributed by atoms with Crippen LogP contribution in [0.5, 0.6) is 0 Å². The first-order valence-electron chi connectivity index (χ1n) is 4.89. The maximum atomic E-state index is 12.5. The second-order valence-corrected chi connectivity index (χ2v) is 3.99. The van der Waals surface area contributed by atoms with Crippen molar-refractivity contribution >= 4 is 5.97 Å². The van der Waals surface area contributed by atoms with Crippen LogP contribution in [0.15, 0.2) is 10.7 Å². The van der Waals surface area contributed by atoms with E-state index in [-0.39, 0.29) is 16.9 Å². The molecule has 0 aromatic carbocycles. The molecule has 0 fully saturated rings. The third kappa shape index (κ3) is 2.02. The monoisotopic (exact) mass is 250 g/mol. The molecule has 1 aliphatic carbocycles. The fourth-order valence-electron chi connectivity index (χ4n) is 2.04. The van der Waals surface area contributed by atoms with E-state index in [2.05, 4.69) is 0 Å². The molecule has 94 valence electrons. The lowest BCUT2D eigenvalue weighted by Crippen LogP contribution is -2.30. The highest BCUT2D eigenvalue weighted by Crippen LogP contribution is 2.43. The largest absolute Gasteiger partial charge is 0.478 e. The van der Waals surface area contributed by atoms with Crippen LogP contribution in [-0.4, -0.2) is 22.4 Å². The zero-order valence-corrected chi connectivity index (χ0v) is 8.49.